The smallest absolute Gasteiger partial charge is 0.311 e. The maximum absolute atomic E-state index is 12.5. The van der Waals surface area contributed by atoms with Gasteiger partial charge in [-0.1, -0.05) is 12.8 Å². The highest BCUT2D eigenvalue weighted by Gasteiger charge is 2.52. The highest BCUT2D eigenvalue weighted by Crippen LogP contribution is 2.55. The molecule has 4 heteroatoms. The standard InChI is InChI=1S/C18H28N2O2/c21-16(17(22)20-5-3-1-2-4-6-20)19-18-10-13-7-14(11-18)9-15(8-13)12-18/h13-15H,1-12H2,(H,19,21). The summed E-state index contributed by atoms with van der Waals surface area (Å²) < 4.78 is 0. The first-order valence-corrected chi connectivity index (χ1v) is 9.25. The molecule has 4 saturated carbocycles. The van der Waals surface area contributed by atoms with E-state index in [1.165, 1.54) is 32.1 Å². The molecule has 0 aromatic heterocycles. The molecule has 0 aromatic carbocycles. The number of rotatable bonds is 1. The van der Waals surface area contributed by atoms with Gasteiger partial charge in [0.2, 0.25) is 0 Å². The van der Waals surface area contributed by atoms with Crippen LogP contribution >= 0.6 is 0 Å². The minimum absolute atomic E-state index is 0.0483. The largest absolute Gasteiger partial charge is 0.342 e. The van der Waals surface area contributed by atoms with Crippen molar-refractivity contribution in [2.24, 2.45) is 17.8 Å². The number of likely N-dealkylation sites (tertiary alicyclic amines) is 1. The molecule has 5 rings (SSSR count). The van der Waals surface area contributed by atoms with Crippen LogP contribution in [0.15, 0.2) is 0 Å². The number of nitrogens with one attached hydrogen (secondary N) is 1. The van der Waals surface area contributed by atoms with Crippen molar-refractivity contribution in [1.29, 1.82) is 0 Å². The third-order valence-corrected chi connectivity index (χ3v) is 6.50. The number of hydrogen-bond acceptors (Lipinski definition) is 2. The van der Waals surface area contributed by atoms with Gasteiger partial charge in [-0.25, -0.2) is 0 Å². The quantitative estimate of drug-likeness (QED) is 0.757. The first-order valence-electron chi connectivity index (χ1n) is 9.25. The number of nitrogens with zero attached hydrogens (tertiary/aromatic N) is 1. The van der Waals surface area contributed by atoms with Crippen molar-refractivity contribution in [2.75, 3.05) is 13.1 Å². The minimum Gasteiger partial charge on any atom is -0.342 e. The van der Waals surface area contributed by atoms with Gasteiger partial charge in [-0.2, -0.15) is 0 Å². The lowest BCUT2D eigenvalue weighted by atomic mass is 9.53. The van der Waals surface area contributed by atoms with Crippen LogP contribution in [0, 0.1) is 17.8 Å². The molecule has 1 heterocycles. The van der Waals surface area contributed by atoms with E-state index in [0.717, 1.165) is 62.9 Å². The Balaban J connectivity index is 1.42. The maximum Gasteiger partial charge on any atom is 0.311 e. The van der Waals surface area contributed by atoms with Gasteiger partial charge in [0.1, 0.15) is 0 Å². The lowest BCUT2D eigenvalue weighted by Gasteiger charge is -2.56. The summed E-state index contributed by atoms with van der Waals surface area (Å²) in [5, 5.41) is 3.21. The average Bonchev–Trinajstić information content (AvgIpc) is 2.73. The van der Waals surface area contributed by atoms with Crippen molar-refractivity contribution in [3.8, 4) is 0 Å². The molecular weight excluding hydrogens is 276 g/mol. The third-order valence-electron chi connectivity index (χ3n) is 6.50. The Morgan fingerprint density at radius 3 is 1.82 bits per heavy atom. The Bertz CT molecular complexity index is 430. The van der Waals surface area contributed by atoms with Crippen molar-refractivity contribution < 1.29 is 9.59 Å². The van der Waals surface area contributed by atoms with E-state index in [0.29, 0.717) is 0 Å². The molecule has 5 aliphatic rings. The van der Waals surface area contributed by atoms with Crippen LogP contribution in [0.1, 0.15) is 64.2 Å². The van der Waals surface area contributed by atoms with Crippen LogP contribution in [-0.2, 0) is 9.59 Å². The number of hydrogen-bond donors (Lipinski definition) is 1. The zero-order chi connectivity index (χ0) is 15.2. The van der Waals surface area contributed by atoms with E-state index < -0.39 is 0 Å². The van der Waals surface area contributed by atoms with Crippen LogP contribution in [-0.4, -0.2) is 35.3 Å². The Labute approximate surface area is 133 Å². The summed E-state index contributed by atoms with van der Waals surface area (Å²) in [5.74, 6) is 1.76. The third kappa shape index (κ3) is 2.65. The van der Waals surface area contributed by atoms with Crippen LogP contribution in [0.25, 0.3) is 0 Å². The summed E-state index contributed by atoms with van der Waals surface area (Å²) >= 11 is 0. The fourth-order valence-electron chi connectivity index (χ4n) is 5.98. The monoisotopic (exact) mass is 304 g/mol. The van der Waals surface area contributed by atoms with Crippen molar-refractivity contribution in [1.82, 2.24) is 10.2 Å². The Morgan fingerprint density at radius 2 is 1.32 bits per heavy atom. The summed E-state index contributed by atoms with van der Waals surface area (Å²) in [6.07, 6.45) is 11.8. The molecule has 2 amide bonds. The molecule has 5 fully saturated rings. The van der Waals surface area contributed by atoms with Crippen LogP contribution < -0.4 is 5.32 Å². The van der Waals surface area contributed by atoms with Gasteiger partial charge in [-0.05, 0) is 69.1 Å². The molecule has 1 saturated heterocycles. The Kier molecular flexibility index (Phi) is 3.66. The fraction of sp³-hybridized carbons (Fsp3) is 0.889. The lowest BCUT2D eigenvalue weighted by Crippen LogP contribution is -2.62. The summed E-state index contributed by atoms with van der Waals surface area (Å²) in [6, 6.07) is 0. The van der Waals surface area contributed by atoms with Crippen LogP contribution in [0.2, 0.25) is 0 Å². The summed E-state index contributed by atoms with van der Waals surface area (Å²) in [7, 11) is 0. The summed E-state index contributed by atoms with van der Waals surface area (Å²) in [4.78, 5) is 26.8. The molecule has 122 valence electrons. The molecule has 22 heavy (non-hydrogen) atoms. The fourth-order valence-corrected chi connectivity index (χ4v) is 5.98. The van der Waals surface area contributed by atoms with E-state index in [1.54, 1.807) is 4.90 Å². The lowest BCUT2D eigenvalue weighted by molar-refractivity contribution is -0.148. The van der Waals surface area contributed by atoms with Gasteiger partial charge < -0.3 is 10.2 Å². The van der Waals surface area contributed by atoms with E-state index in [4.69, 9.17) is 0 Å². The predicted molar refractivity (Wildman–Crippen MR) is 84.1 cm³/mol. The average molecular weight is 304 g/mol. The minimum atomic E-state index is -0.330. The molecule has 4 aliphatic carbocycles. The van der Waals surface area contributed by atoms with Gasteiger partial charge in [0.25, 0.3) is 0 Å². The van der Waals surface area contributed by atoms with Crippen LogP contribution in [0.4, 0.5) is 0 Å². The molecule has 1 N–H and O–H groups in total. The van der Waals surface area contributed by atoms with Crippen molar-refractivity contribution in [3.63, 3.8) is 0 Å². The Hall–Kier alpha value is -1.06. The summed E-state index contributed by atoms with van der Waals surface area (Å²) in [5.41, 5.74) is -0.0483. The predicted octanol–water partition coefficient (Wildman–Crippen LogP) is 2.47. The second kappa shape index (κ2) is 5.54. The zero-order valence-electron chi connectivity index (χ0n) is 13.5. The van der Waals surface area contributed by atoms with E-state index in [9.17, 15) is 9.59 Å². The molecule has 0 radical (unpaired) electrons. The molecule has 0 unspecified atom stereocenters. The van der Waals surface area contributed by atoms with Crippen molar-refractivity contribution in [2.45, 2.75) is 69.7 Å². The normalized spacial score (nSPS) is 40.4. The van der Waals surface area contributed by atoms with Gasteiger partial charge in [-0.3, -0.25) is 9.59 Å². The molecule has 0 atom stereocenters. The van der Waals surface area contributed by atoms with E-state index in [-0.39, 0.29) is 17.4 Å². The van der Waals surface area contributed by atoms with E-state index in [2.05, 4.69) is 5.32 Å². The number of amides is 2. The van der Waals surface area contributed by atoms with Gasteiger partial charge in [0.15, 0.2) is 0 Å². The highest BCUT2D eigenvalue weighted by molar-refractivity contribution is 6.35. The number of carbonyl (C=O) groups is 2. The first kappa shape index (κ1) is 14.5. The van der Waals surface area contributed by atoms with Gasteiger partial charge in [-0.15, -0.1) is 0 Å². The van der Waals surface area contributed by atoms with E-state index in [1.807, 2.05) is 0 Å². The van der Waals surface area contributed by atoms with E-state index >= 15 is 0 Å². The van der Waals surface area contributed by atoms with Crippen LogP contribution in [0.3, 0.4) is 0 Å². The highest BCUT2D eigenvalue weighted by atomic mass is 16.2. The second-order valence-electron chi connectivity index (χ2n) is 8.36. The van der Waals surface area contributed by atoms with Crippen molar-refractivity contribution >= 4 is 11.8 Å². The number of carbonyl (C=O) groups excluding carboxylic acids is 2. The van der Waals surface area contributed by atoms with Gasteiger partial charge in [0, 0.05) is 18.6 Å². The second-order valence-corrected chi connectivity index (χ2v) is 8.36. The first-order chi connectivity index (χ1) is 10.6. The Morgan fingerprint density at radius 1 is 0.818 bits per heavy atom. The zero-order valence-corrected chi connectivity index (χ0v) is 13.5. The maximum atomic E-state index is 12.5. The van der Waals surface area contributed by atoms with Crippen molar-refractivity contribution in [3.05, 3.63) is 0 Å². The SMILES string of the molecule is O=C(NC12CC3CC(CC(C3)C1)C2)C(=O)N1CCCCCC1. The molecule has 0 aromatic rings. The van der Waals surface area contributed by atoms with Crippen LogP contribution in [0.5, 0.6) is 0 Å². The summed E-state index contributed by atoms with van der Waals surface area (Å²) in [6.45, 7) is 1.51. The van der Waals surface area contributed by atoms with Gasteiger partial charge >= 0.3 is 11.8 Å². The topological polar surface area (TPSA) is 49.4 Å². The molecule has 0 spiro atoms. The molecular formula is C18H28N2O2. The van der Waals surface area contributed by atoms with Gasteiger partial charge in [0.05, 0.1) is 0 Å². The molecule has 4 bridgehead atoms. The molecule has 4 nitrogen and oxygen atoms in total. The molecule has 1 aliphatic heterocycles.